The third kappa shape index (κ3) is 5.47. The Morgan fingerprint density at radius 1 is 1.03 bits per heavy atom. The lowest BCUT2D eigenvalue weighted by atomic mass is 9.93. The molecule has 0 atom stereocenters. The van der Waals surface area contributed by atoms with Crippen molar-refractivity contribution in [3.8, 4) is 17.1 Å². The molecule has 2 heterocycles. The van der Waals surface area contributed by atoms with Gasteiger partial charge in [-0.15, -0.1) is 0 Å². The number of amides is 1. The van der Waals surface area contributed by atoms with E-state index in [1.807, 2.05) is 49.5 Å². The van der Waals surface area contributed by atoms with Crippen molar-refractivity contribution < 1.29 is 9.53 Å². The number of aromatic nitrogens is 3. The molecule has 0 aliphatic heterocycles. The third-order valence-corrected chi connectivity index (χ3v) is 5.37. The maximum Gasteiger partial charge on any atom is 0.255 e. The molecule has 0 radical (unpaired) electrons. The van der Waals surface area contributed by atoms with E-state index >= 15 is 0 Å². The molecule has 0 spiro atoms. The molecule has 0 bridgehead atoms. The van der Waals surface area contributed by atoms with Gasteiger partial charge in [-0.2, -0.15) is 0 Å². The average molecular weight is 441 g/mol. The number of aryl methyl sites for hydroxylation is 1. The van der Waals surface area contributed by atoms with Crippen LogP contribution in [0.2, 0.25) is 0 Å². The zero-order valence-corrected chi connectivity index (χ0v) is 19.3. The number of carbonyl (C=O) groups is 1. The van der Waals surface area contributed by atoms with Crippen LogP contribution in [0.4, 0.5) is 5.69 Å². The largest absolute Gasteiger partial charge is 0.487 e. The Morgan fingerprint density at radius 3 is 2.48 bits per heavy atom. The van der Waals surface area contributed by atoms with Gasteiger partial charge >= 0.3 is 0 Å². The molecule has 168 valence electrons. The first-order chi connectivity index (χ1) is 15.8. The fraction of sp³-hybridized carbons (Fsp3) is 0.222. The molecule has 2 aromatic heterocycles. The Bertz CT molecular complexity index is 1240. The van der Waals surface area contributed by atoms with Gasteiger partial charge in [0.25, 0.3) is 5.91 Å². The van der Waals surface area contributed by atoms with Crippen LogP contribution in [-0.4, -0.2) is 20.9 Å². The van der Waals surface area contributed by atoms with Crippen LogP contribution >= 0.6 is 0 Å². The zero-order valence-electron chi connectivity index (χ0n) is 19.3. The molecule has 33 heavy (non-hydrogen) atoms. The summed E-state index contributed by atoms with van der Waals surface area (Å²) in [6.07, 6.45) is 3.60. The fourth-order valence-corrected chi connectivity index (χ4v) is 3.29. The van der Waals surface area contributed by atoms with E-state index in [1.54, 1.807) is 30.5 Å². The second-order valence-corrected chi connectivity index (χ2v) is 9.01. The maximum absolute atomic E-state index is 12.9. The number of anilines is 1. The molecule has 0 saturated carbocycles. The van der Waals surface area contributed by atoms with Crippen molar-refractivity contribution in [1.29, 1.82) is 0 Å². The van der Waals surface area contributed by atoms with Gasteiger partial charge in [-0.1, -0.05) is 39.0 Å². The first-order valence-corrected chi connectivity index (χ1v) is 10.9. The highest BCUT2D eigenvalue weighted by molar-refractivity contribution is 6.05. The molecule has 1 amide bonds. The minimum atomic E-state index is -0.179. The maximum atomic E-state index is 12.9. The second-order valence-electron chi connectivity index (χ2n) is 9.01. The second kappa shape index (κ2) is 9.28. The van der Waals surface area contributed by atoms with E-state index in [1.165, 1.54) is 0 Å². The summed E-state index contributed by atoms with van der Waals surface area (Å²) in [4.78, 5) is 25.0. The molecular weight excluding hydrogens is 412 g/mol. The van der Waals surface area contributed by atoms with Gasteiger partial charge in [0.1, 0.15) is 18.2 Å². The van der Waals surface area contributed by atoms with Gasteiger partial charge in [-0.3, -0.25) is 9.78 Å². The van der Waals surface area contributed by atoms with Crippen LogP contribution in [0.25, 0.3) is 11.4 Å². The first kappa shape index (κ1) is 22.3. The summed E-state index contributed by atoms with van der Waals surface area (Å²) in [5, 5.41) is 3.02. The average Bonchev–Trinajstić information content (AvgIpc) is 3.31. The summed E-state index contributed by atoms with van der Waals surface area (Å²) in [6.45, 7) is 8.76. The number of ether oxygens (including phenoxy) is 1. The molecule has 0 unspecified atom stereocenters. The Labute approximate surface area is 194 Å². The molecule has 2 aromatic carbocycles. The van der Waals surface area contributed by atoms with Crippen LogP contribution < -0.4 is 10.1 Å². The minimum absolute atomic E-state index is 0.0134. The van der Waals surface area contributed by atoms with E-state index in [0.717, 1.165) is 34.0 Å². The summed E-state index contributed by atoms with van der Waals surface area (Å²) in [5.41, 5.74) is 5.10. The normalized spacial score (nSPS) is 11.3. The molecule has 2 N–H and O–H groups in total. The van der Waals surface area contributed by atoms with Crippen molar-refractivity contribution in [3.05, 3.63) is 95.6 Å². The molecule has 0 saturated heterocycles. The van der Waals surface area contributed by atoms with Gasteiger partial charge in [0.15, 0.2) is 0 Å². The monoisotopic (exact) mass is 440 g/mol. The summed E-state index contributed by atoms with van der Waals surface area (Å²) >= 11 is 0. The predicted molar refractivity (Wildman–Crippen MR) is 130 cm³/mol. The number of hydrogen-bond donors (Lipinski definition) is 2. The summed E-state index contributed by atoms with van der Waals surface area (Å²) in [6, 6.07) is 18.7. The van der Waals surface area contributed by atoms with Crippen LogP contribution in [0.1, 0.15) is 48.1 Å². The van der Waals surface area contributed by atoms with Crippen LogP contribution in [0.15, 0.2) is 73.1 Å². The number of pyridine rings is 1. The van der Waals surface area contributed by atoms with Crippen molar-refractivity contribution >= 4 is 11.6 Å². The number of carbonyl (C=O) groups excluding carboxylic acids is 1. The van der Waals surface area contributed by atoms with Gasteiger partial charge in [0, 0.05) is 40.3 Å². The highest BCUT2D eigenvalue weighted by Gasteiger charge is 2.17. The molecular formula is C27H28N4O2. The summed E-state index contributed by atoms with van der Waals surface area (Å²) in [5.74, 6) is 1.29. The molecule has 6 heteroatoms. The van der Waals surface area contributed by atoms with E-state index in [2.05, 4.69) is 41.0 Å². The van der Waals surface area contributed by atoms with Gasteiger partial charge in [0.05, 0.1) is 5.69 Å². The highest BCUT2D eigenvalue weighted by Crippen LogP contribution is 2.27. The van der Waals surface area contributed by atoms with Crippen LogP contribution in [0.3, 0.4) is 0 Å². The molecule has 6 nitrogen and oxygen atoms in total. The Hall–Kier alpha value is -3.93. The third-order valence-electron chi connectivity index (χ3n) is 5.37. The number of imidazole rings is 1. The predicted octanol–water partition coefficient (Wildman–Crippen LogP) is 5.91. The number of hydrogen-bond acceptors (Lipinski definition) is 4. The summed E-state index contributed by atoms with van der Waals surface area (Å²) in [7, 11) is 0. The lowest BCUT2D eigenvalue weighted by Gasteiger charge is -2.15. The van der Waals surface area contributed by atoms with Crippen LogP contribution in [-0.2, 0) is 12.0 Å². The Kier molecular flexibility index (Phi) is 6.27. The van der Waals surface area contributed by atoms with E-state index in [9.17, 15) is 4.79 Å². The number of rotatable bonds is 6. The zero-order chi connectivity index (χ0) is 23.4. The van der Waals surface area contributed by atoms with Crippen molar-refractivity contribution in [3.63, 3.8) is 0 Å². The SMILES string of the molecule is Cc1ccc(-c2ncc(C(C)(C)C)[nH]2)cc1NC(=O)c1ccc(OCc2ccccn2)cc1. The van der Waals surface area contributed by atoms with Crippen LogP contribution in [0.5, 0.6) is 5.75 Å². The number of aromatic amines is 1. The topological polar surface area (TPSA) is 79.9 Å². The first-order valence-electron chi connectivity index (χ1n) is 10.9. The van der Waals surface area contributed by atoms with Crippen molar-refractivity contribution in [1.82, 2.24) is 15.0 Å². The molecule has 0 aliphatic carbocycles. The van der Waals surface area contributed by atoms with E-state index in [4.69, 9.17) is 4.74 Å². The standard InChI is InChI=1S/C27H28N4O2/c1-18-8-9-20(25-29-16-24(31-25)27(2,3)4)15-23(18)30-26(32)19-10-12-22(13-11-19)33-17-21-7-5-6-14-28-21/h5-16H,17H2,1-4H3,(H,29,31)(H,30,32). The van der Waals surface area contributed by atoms with Gasteiger partial charge < -0.3 is 15.0 Å². The highest BCUT2D eigenvalue weighted by atomic mass is 16.5. The van der Waals surface area contributed by atoms with Crippen molar-refractivity contribution in [2.75, 3.05) is 5.32 Å². The van der Waals surface area contributed by atoms with Gasteiger partial charge in [0.2, 0.25) is 0 Å². The number of benzene rings is 2. The van der Waals surface area contributed by atoms with Gasteiger partial charge in [-0.05, 0) is 55.0 Å². The molecule has 0 aliphatic rings. The summed E-state index contributed by atoms with van der Waals surface area (Å²) < 4.78 is 5.75. The van der Waals surface area contributed by atoms with Crippen molar-refractivity contribution in [2.24, 2.45) is 0 Å². The quantitative estimate of drug-likeness (QED) is 0.391. The Balaban J connectivity index is 1.44. The molecule has 4 rings (SSSR count). The van der Waals surface area contributed by atoms with Crippen molar-refractivity contribution in [2.45, 2.75) is 39.7 Å². The number of nitrogens with one attached hydrogen (secondary N) is 2. The molecule has 0 fully saturated rings. The van der Waals surface area contributed by atoms with E-state index in [-0.39, 0.29) is 11.3 Å². The molecule has 4 aromatic rings. The lowest BCUT2D eigenvalue weighted by Crippen LogP contribution is -2.13. The Morgan fingerprint density at radius 2 is 1.82 bits per heavy atom. The number of nitrogens with zero attached hydrogens (tertiary/aromatic N) is 2. The smallest absolute Gasteiger partial charge is 0.255 e. The van der Waals surface area contributed by atoms with Gasteiger partial charge in [-0.25, -0.2) is 4.98 Å². The lowest BCUT2D eigenvalue weighted by molar-refractivity contribution is 0.102. The van der Waals surface area contributed by atoms with E-state index in [0.29, 0.717) is 17.9 Å². The van der Waals surface area contributed by atoms with E-state index < -0.39 is 0 Å². The fourth-order valence-electron chi connectivity index (χ4n) is 3.29. The van der Waals surface area contributed by atoms with Crippen LogP contribution in [0, 0.1) is 6.92 Å². The minimum Gasteiger partial charge on any atom is -0.487 e. The number of H-pyrrole nitrogens is 1.